The minimum Gasteiger partial charge on any atom is -0.328 e. The van der Waals surface area contributed by atoms with E-state index in [1.165, 1.54) is 6.92 Å². The molecule has 6 heteroatoms. The minimum atomic E-state index is -2.75. The number of halogens is 3. The first kappa shape index (κ1) is 10.8. The normalized spacial score (nSPS) is 10.6. The summed E-state index contributed by atoms with van der Waals surface area (Å²) in [5.74, 6) is 0. The fourth-order valence-corrected chi connectivity index (χ4v) is 1.33. The zero-order chi connectivity index (χ0) is 10.9. The first-order valence-electron chi connectivity index (χ1n) is 3.65. The Bertz CT molecular complexity index is 428. The topological polar surface area (TPSA) is 49.9 Å². The van der Waals surface area contributed by atoms with Crippen LogP contribution >= 0.6 is 11.6 Å². The molecule has 1 N–H and O–H groups in total. The highest BCUT2D eigenvalue weighted by atomic mass is 35.5. The van der Waals surface area contributed by atoms with E-state index in [1.807, 2.05) is 4.98 Å². The Hall–Kier alpha value is -1.23. The van der Waals surface area contributed by atoms with E-state index < -0.39 is 28.4 Å². The van der Waals surface area contributed by atoms with Gasteiger partial charge < -0.3 is 4.98 Å². The van der Waals surface area contributed by atoms with Gasteiger partial charge in [0.1, 0.15) is 5.56 Å². The van der Waals surface area contributed by atoms with Crippen LogP contribution in [-0.4, -0.2) is 10.2 Å². The van der Waals surface area contributed by atoms with E-state index in [4.69, 9.17) is 11.6 Å². The van der Waals surface area contributed by atoms with Gasteiger partial charge >= 0.3 is 0 Å². The molecule has 0 bridgehead atoms. The Kier molecular flexibility index (Phi) is 3.00. The maximum atomic E-state index is 12.3. The van der Waals surface area contributed by atoms with Crippen molar-refractivity contribution in [3.8, 4) is 0 Å². The van der Waals surface area contributed by atoms with Gasteiger partial charge in [-0.05, 0) is 24.1 Å². The van der Waals surface area contributed by atoms with Gasteiger partial charge in [-0.2, -0.15) is 0 Å². The van der Waals surface area contributed by atoms with Crippen LogP contribution in [0.1, 0.15) is 27.9 Å². The molecule has 0 spiro atoms. The molecule has 1 heterocycles. The van der Waals surface area contributed by atoms with Gasteiger partial charge in [-0.15, -0.1) is 0 Å². The Morgan fingerprint density at radius 3 is 2.57 bits per heavy atom. The molecule has 0 fully saturated rings. The lowest BCUT2D eigenvalue weighted by atomic mass is 10.1. The zero-order valence-electron chi connectivity index (χ0n) is 7.11. The van der Waals surface area contributed by atoms with E-state index in [1.54, 1.807) is 0 Å². The Morgan fingerprint density at radius 2 is 2.14 bits per heavy atom. The summed E-state index contributed by atoms with van der Waals surface area (Å²) in [4.78, 5) is 23.8. The molecule has 0 radical (unpaired) electrons. The lowest BCUT2D eigenvalue weighted by molar-refractivity contribution is 0.107. The molecular weight excluding hydrogens is 216 g/mol. The molecule has 76 valence electrons. The van der Waals surface area contributed by atoms with Gasteiger partial charge in [-0.25, -0.2) is 8.78 Å². The molecule has 0 saturated carbocycles. The smallest absolute Gasteiger partial charge is 0.265 e. The molecule has 1 rings (SSSR count). The SMILES string of the molecule is Cc1c(C(F)F)c[nH]c(=O)c1C(=O)Cl. The standard InChI is InChI=1S/C8H6ClF2NO2/c1-3-4(7(10)11)2-12-8(14)5(3)6(9)13/h2,7H,1H3,(H,12,14). The van der Waals surface area contributed by atoms with Gasteiger partial charge in [0, 0.05) is 11.8 Å². The highest BCUT2D eigenvalue weighted by molar-refractivity contribution is 6.67. The Morgan fingerprint density at radius 1 is 1.57 bits per heavy atom. The van der Waals surface area contributed by atoms with Gasteiger partial charge in [0.2, 0.25) is 0 Å². The number of carbonyl (C=O) groups excluding carboxylic acids is 1. The van der Waals surface area contributed by atoms with Crippen LogP contribution in [0.2, 0.25) is 0 Å². The average Bonchev–Trinajstić information content (AvgIpc) is 2.02. The second-order valence-corrected chi connectivity index (χ2v) is 2.99. The maximum absolute atomic E-state index is 12.3. The number of carbonyl (C=O) groups is 1. The number of nitrogens with one attached hydrogen (secondary N) is 1. The van der Waals surface area contributed by atoms with Crippen molar-refractivity contribution >= 4 is 16.8 Å². The van der Waals surface area contributed by atoms with Crippen LogP contribution in [0.3, 0.4) is 0 Å². The fourth-order valence-electron chi connectivity index (χ4n) is 1.10. The van der Waals surface area contributed by atoms with Crippen LogP contribution in [0.25, 0.3) is 0 Å². The lowest BCUT2D eigenvalue weighted by Crippen LogP contribution is -2.18. The van der Waals surface area contributed by atoms with Crippen molar-refractivity contribution in [3.63, 3.8) is 0 Å². The molecule has 0 aliphatic heterocycles. The molecular formula is C8H6ClF2NO2. The zero-order valence-corrected chi connectivity index (χ0v) is 7.86. The molecule has 0 unspecified atom stereocenters. The van der Waals surface area contributed by atoms with E-state index in [2.05, 4.69) is 0 Å². The predicted octanol–water partition coefficient (Wildman–Crippen LogP) is 2.00. The Labute approximate surface area is 82.7 Å². The maximum Gasteiger partial charge on any atom is 0.265 e. The van der Waals surface area contributed by atoms with Crippen molar-refractivity contribution in [2.45, 2.75) is 13.3 Å². The van der Waals surface area contributed by atoms with Gasteiger partial charge in [0.25, 0.3) is 17.2 Å². The highest BCUT2D eigenvalue weighted by Gasteiger charge is 2.19. The van der Waals surface area contributed by atoms with Crippen LogP contribution < -0.4 is 5.56 Å². The number of pyridine rings is 1. The third-order valence-corrected chi connectivity index (χ3v) is 2.01. The fraction of sp³-hybridized carbons (Fsp3) is 0.250. The third kappa shape index (κ3) is 1.82. The summed E-state index contributed by atoms with van der Waals surface area (Å²) >= 11 is 5.09. The number of aromatic nitrogens is 1. The molecule has 0 saturated heterocycles. The van der Waals surface area contributed by atoms with E-state index in [-0.39, 0.29) is 5.56 Å². The van der Waals surface area contributed by atoms with Crippen molar-refractivity contribution in [2.24, 2.45) is 0 Å². The van der Waals surface area contributed by atoms with Crippen molar-refractivity contribution in [2.75, 3.05) is 0 Å². The van der Waals surface area contributed by atoms with Crippen molar-refractivity contribution in [3.05, 3.63) is 33.2 Å². The van der Waals surface area contributed by atoms with E-state index in [0.29, 0.717) is 0 Å². The molecule has 0 amide bonds. The molecule has 0 atom stereocenters. The van der Waals surface area contributed by atoms with Crippen molar-refractivity contribution < 1.29 is 13.6 Å². The average molecular weight is 222 g/mol. The number of H-pyrrole nitrogens is 1. The molecule has 0 aliphatic carbocycles. The molecule has 14 heavy (non-hydrogen) atoms. The van der Waals surface area contributed by atoms with Gasteiger partial charge in [0.05, 0.1) is 0 Å². The van der Waals surface area contributed by atoms with Crippen molar-refractivity contribution in [1.82, 2.24) is 4.98 Å². The molecule has 0 aromatic carbocycles. The lowest BCUT2D eigenvalue weighted by Gasteiger charge is -2.05. The summed E-state index contributed by atoms with van der Waals surface area (Å²) in [7, 11) is 0. The van der Waals surface area contributed by atoms with E-state index in [9.17, 15) is 18.4 Å². The van der Waals surface area contributed by atoms with Gasteiger partial charge in [0.15, 0.2) is 0 Å². The molecule has 1 aromatic rings. The van der Waals surface area contributed by atoms with Gasteiger partial charge in [-0.3, -0.25) is 9.59 Å². The number of alkyl halides is 2. The number of hydrogen-bond acceptors (Lipinski definition) is 2. The summed E-state index contributed by atoms with van der Waals surface area (Å²) in [6.45, 7) is 1.26. The van der Waals surface area contributed by atoms with E-state index >= 15 is 0 Å². The van der Waals surface area contributed by atoms with E-state index in [0.717, 1.165) is 6.20 Å². The van der Waals surface area contributed by atoms with Crippen LogP contribution in [0, 0.1) is 6.92 Å². The van der Waals surface area contributed by atoms with Crippen molar-refractivity contribution in [1.29, 1.82) is 0 Å². The minimum absolute atomic E-state index is 0.0799. The second kappa shape index (κ2) is 3.88. The summed E-state index contributed by atoms with van der Waals surface area (Å²) in [5.41, 5.74) is -1.66. The first-order valence-corrected chi connectivity index (χ1v) is 4.03. The quantitative estimate of drug-likeness (QED) is 0.777. The largest absolute Gasteiger partial charge is 0.328 e. The number of hydrogen-bond donors (Lipinski definition) is 1. The van der Waals surface area contributed by atoms with Crippen LogP contribution in [0.5, 0.6) is 0 Å². The Balaban J connectivity index is 3.49. The van der Waals surface area contributed by atoms with Crippen LogP contribution in [0.15, 0.2) is 11.0 Å². The number of aromatic amines is 1. The highest BCUT2D eigenvalue weighted by Crippen LogP contribution is 2.22. The first-order chi connectivity index (χ1) is 6.45. The monoisotopic (exact) mass is 221 g/mol. The third-order valence-electron chi connectivity index (χ3n) is 1.83. The summed E-state index contributed by atoms with van der Waals surface area (Å²) in [5, 5.41) is -1.04. The number of rotatable bonds is 2. The second-order valence-electron chi connectivity index (χ2n) is 2.65. The van der Waals surface area contributed by atoms with Gasteiger partial charge in [-0.1, -0.05) is 0 Å². The predicted molar refractivity (Wildman–Crippen MR) is 46.9 cm³/mol. The summed E-state index contributed by atoms with van der Waals surface area (Å²) < 4.78 is 24.7. The molecule has 0 aliphatic rings. The molecule has 3 nitrogen and oxygen atoms in total. The van der Waals surface area contributed by atoms with Crippen LogP contribution in [-0.2, 0) is 0 Å². The molecule has 1 aromatic heterocycles. The summed E-state index contributed by atoms with van der Waals surface area (Å²) in [6.07, 6.45) is -1.87. The van der Waals surface area contributed by atoms with Crippen LogP contribution in [0.4, 0.5) is 8.78 Å². The summed E-state index contributed by atoms with van der Waals surface area (Å²) in [6, 6.07) is 0.